The number of ether oxygens (including phenoxy) is 1. The molecule has 1 aromatic rings. The Morgan fingerprint density at radius 2 is 1.95 bits per heavy atom. The maximum Gasteiger partial charge on any atom is 0.416 e. The normalized spacial score (nSPS) is 12.9. The molecule has 0 atom stereocenters. The van der Waals surface area contributed by atoms with E-state index in [0.29, 0.717) is 19.1 Å². The molecule has 120 valence electrons. The molecule has 0 heterocycles. The minimum atomic E-state index is -4.57. The summed E-state index contributed by atoms with van der Waals surface area (Å²) in [6, 6.07) is 3.64. The molecule has 8 heteroatoms. The van der Waals surface area contributed by atoms with Crippen LogP contribution >= 0.6 is 0 Å². The molecule has 4 nitrogen and oxygen atoms in total. The fraction of sp³-hybridized carbons (Fsp3) is 0.538. The smallest absolute Gasteiger partial charge is 0.379 e. The van der Waals surface area contributed by atoms with Crippen molar-refractivity contribution in [2.45, 2.75) is 37.4 Å². The van der Waals surface area contributed by atoms with Crippen molar-refractivity contribution in [1.29, 1.82) is 0 Å². The van der Waals surface area contributed by atoms with Crippen molar-refractivity contribution in [1.82, 2.24) is 4.72 Å². The van der Waals surface area contributed by atoms with Gasteiger partial charge in [-0.1, -0.05) is 6.07 Å². The van der Waals surface area contributed by atoms with E-state index < -0.39 is 26.7 Å². The van der Waals surface area contributed by atoms with E-state index in [-0.39, 0.29) is 12.6 Å². The monoisotopic (exact) mass is 325 g/mol. The molecule has 0 bridgehead atoms. The minimum Gasteiger partial charge on any atom is -0.379 e. The lowest BCUT2D eigenvalue weighted by atomic mass is 10.2. The number of hydrogen-bond donors (Lipinski definition) is 1. The van der Waals surface area contributed by atoms with Gasteiger partial charge in [-0.3, -0.25) is 0 Å². The number of halogens is 3. The largest absolute Gasteiger partial charge is 0.416 e. The lowest BCUT2D eigenvalue weighted by Gasteiger charge is -2.11. The highest BCUT2D eigenvalue weighted by Gasteiger charge is 2.31. The average Bonchev–Trinajstić information content (AvgIpc) is 2.37. The van der Waals surface area contributed by atoms with Crippen molar-refractivity contribution in [2.75, 3.05) is 13.2 Å². The van der Waals surface area contributed by atoms with Crippen molar-refractivity contribution >= 4 is 10.0 Å². The third-order valence-corrected chi connectivity index (χ3v) is 3.99. The fourth-order valence-electron chi connectivity index (χ4n) is 1.52. The van der Waals surface area contributed by atoms with Gasteiger partial charge in [0.2, 0.25) is 10.0 Å². The first kappa shape index (κ1) is 17.9. The maximum absolute atomic E-state index is 12.6. The zero-order valence-corrected chi connectivity index (χ0v) is 12.6. The molecule has 0 spiro atoms. The summed E-state index contributed by atoms with van der Waals surface area (Å²) in [4.78, 5) is -0.401. The van der Waals surface area contributed by atoms with E-state index in [2.05, 4.69) is 4.72 Å². The first-order chi connectivity index (χ1) is 9.63. The molecular weight excluding hydrogens is 307 g/mol. The van der Waals surface area contributed by atoms with Crippen molar-refractivity contribution in [3.05, 3.63) is 29.8 Å². The highest BCUT2D eigenvalue weighted by Crippen LogP contribution is 2.30. The van der Waals surface area contributed by atoms with Crippen LogP contribution in [0.1, 0.15) is 25.8 Å². The van der Waals surface area contributed by atoms with Crippen LogP contribution < -0.4 is 4.72 Å². The van der Waals surface area contributed by atoms with Gasteiger partial charge in [0.25, 0.3) is 0 Å². The lowest BCUT2D eigenvalue weighted by molar-refractivity contribution is -0.137. The molecule has 0 fully saturated rings. The van der Waals surface area contributed by atoms with Crippen LogP contribution in [0.3, 0.4) is 0 Å². The van der Waals surface area contributed by atoms with Crippen LogP contribution in [0, 0.1) is 0 Å². The van der Waals surface area contributed by atoms with Crippen molar-refractivity contribution in [3.63, 3.8) is 0 Å². The maximum atomic E-state index is 12.6. The molecule has 0 saturated heterocycles. The quantitative estimate of drug-likeness (QED) is 0.784. The first-order valence-corrected chi connectivity index (χ1v) is 7.90. The van der Waals surface area contributed by atoms with Crippen molar-refractivity contribution in [2.24, 2.45) is 0 Å². The van der Waals surface area contributed by atoms with Gasteiger partial charge in [0, 0.05) is 13.2 Å². The summed E-state index contributed by atoms with van der Waals surface area (Å²) in [7, 11) is -3.95. The Kier molecular flexibility index (Phi) is 6.18. The summed E-state index contributed by atoms with van der Waals surface area (Å²) in [5.41, 5.74) is -0.992. The molecule has 0 aliphatic heterocycles. The van der Waals surface area contributed by atoms with Gasteiger partial charge in [-0.15, -0.1) is 0 Å². The Morgan fingerprint density at radius 1 is 1.29 bits per heavy atom. The van der Waals surface area contributed by atoms with Crippen LogP contribution in [-0.2, 0) is 20.9 Å². The van der Waals surface area contributed by atoms with Gasteiger partial charge in [-0.25, -0.2) is 13.1 Å². The van der Waals surface area contributed by atoms with Crippen LogP contribution in [0.4, 0.5) is 13.2 Å². The van der Waals surface area contributed by atoms with Gasteiger partial charge >= 0.3 is 6.18 Å². The van der Waals surface area contributed by atoms with Gasteiger partial charge in [-0.2, -0.15) is 13.2 Å². The van der Waals surface area contributed by atoms with Crippen molar-refractivity contribution in [3.8, 4) is 0 Å². The molecule has 0 unspecified atom stereocenters. The van der Waals surface area contributed by atoms with Crippen LogP contribution in [0.25, 0.3) is 0 Å². The standard InChI is InChI=1S/C13H18F3NO3S/c1-10(2)20-8-4-7-17-21(18,19)12-6-3-5-11(9-12)13(14,15)16/h3,5-6,9-10,17H,4,7-8H2,1-2H3. The number of sulfonamides is 1. The van der Waals surface area contributed by atoms with Crippen LogP contribution in [0.5, 0.6) is 0 Å². The van der Waals surface area contributed by atoms with Gasteiger partial charge in [0.05, 0.1) is 16.6 Å². The predicted octanol–water partition coefficient (Wildman–Crippen LogP) is 2.80. The first-order valence-electron chi connectivity index (χ1n) is 6.41. The highest BCUT2D eigenvalue weighted by atomic mass is 32.2. The third kappa shape index (κ3) is 6.03. The SMILES string of the molecule is CC(C)OCCCNS(=O)(=O)c1cccc(C(F)(F)F)c1. The van der Waals surface area contributed by atoms with E-state index >= 15 is 0 Å². The molecule has 0 aliphatic carbocycles. The fourth-order valence-corrected chi connectivity index (χ4v) is 2.64. The van der Waals surface area contributed by atoms with Gasteiger partial charge in [0.15, 0.2) is 0 Å². The van der Waals surface area contributed by atoms with Gasteiger partial charge in [-0.05, 0) is 38.5 Å². The second-order valence-electron chi connectivity index (χ2n) is 4.70. The summed E-state index contributed by atoms with van der Waals surface area (Å²) in [5.74, 6) is 0. The number of rotatable bonds is 7. The second kappa shape index (κ2) is 7.24. The summed E-state index contributed by atoms with van der Waals surface area (Å²) in [6.07, 6.45) is -4.09. The van der Waals surface area contributed by atoms with E-state index in [9.17, 15) is 21.6 Å². The summed E-state index contributed by atoms with van der Waals surface area (Å²) < 4.78 is 68.9. The number of benzene rings is 1. The average molecular weight is 325 g/mol. The minimum absolute atomic E-state index is 0.0464. The van der Waals surface area contributed by atoms with E-state index in [4.69, 9.17) is 4.74 Å². The number of hydrogen-bond acceptors (Lipinski definition) is 3. The highest BCUT2D eigenvalue weighted by molar-refractivity contribution is 7.89. The molecule has 1 N–H and O–H groups in total. The summed E-state index contributed by atoms with van der Waals surface area (Å²) in [6.45, 7) is 4.19. The van der Waals surface area contributed by atoms with E-state index in [1.807, 2.05) is 13.8 Å². The zero-order chi connectivity index (χ0) is 16.1. The Labute approximate surface area is 122 Å². The Bertz CT molecular complexity index is 556. The van der Waals surface area contributed by atoms with Gasteiger partial charge < -0.3 is 4.74 Å². The molecule has 0 aromatic heterocycles. The van der Waals surface area contributed by atoms with Crippen molar-refractivity contribution < 1.29 is 26.3 Å². The number of alkyl halides is 3. The van der Waals surface area contributed by atoms with E-state index in [1.165, 1.54) is 0 Å². The Morgan fingerprint density at radius 3 is 2.52 bits per heavy atom. The lowest BCUT2D eigenvalue weighted by Crippen LogP contribution is -2.26. The molecule has 1 aromatic carbocycles. The van der Waals surface area contributed by atoms with Gasteiger partial charge in [0.1, 0.15) is 0 Å². The zero-order valence-electron chi connectivity index (χ0n) is 11.8. The molecule has 1 rings (SSSR count). The number of nitrogens with one attached hydrogen (secondary N) is 1. The molecule has 21 heavy (non-hydrogen) atoms. The molecule has 0 aliphatic rings. The molecular formula is C13H18F3NO3S. The summed E-state index contributed by atoms with van der Waals surface area (Å²) >= 11 is 0. The molecule has 0 saturated carbocycles. The Balaban J connectivity index is 2.66. The third-order valence-electron chi connectivity index (χ3n) is 2.54. The topological polar surface area (TPSA) is 55.4 Å². The molecule has 0 radical (unpaired) electrons. The van der Waals surface area contributed by atoms with E-state index in [0.717, 1.165) is 18.2 Å². The molecule has 0 amide bonds. The van der Waals surface area contributed by atoms with E-state index in [1.54, 1.807) is 0 Å². The summed E-state index contributed by atoms with van der Waals surface area (Å²) in [5, 5.41) is 0. The predicted molar refractivity (Wildman–Crippen MR) is 72.3 cm³/mol. The van der Waals surface area contributed by atoms with Crippen LogP contribution in [0.2, 0.25) is 0 Å². The van der Waals surface area contributed by atoms with Crippen LogP contribution in [-0.4, -0.2) is 27.7 Å². The Hall–Kier alpha value is -1.12. The van der Waals surface area contributed by atoms with Crippen LogP contribution in [0.15, 0.2) is 29.2 Å². The second-order valence-corrected chi connectivity index (χ2v) is 6.46.